The fraction of sp³-hybridized carbons (Fsp3) is 0.457. The van der Waals surface area contributed by atoms with Crippen molar-refractivity contribution in [3.8, 4) is 5.75 Å². The highest BCUT2D eigenvalue weighted by molar-refractivity contribution is 6.00. The molecular formula is C35H44N6O3. The topological polar surface area (TPSA) is 113 Å². The molecule has 9 heteroatoms. The molecule has 3 aromatic rings. The van der Waals surface area contributed by atoms with Crippen LogP contribution in [0.25, 0.3) is 0 Å². The quantitative estimate of drug-likeness (QED) is 0.294. The third kappa shape index (κ3) is 6.83. The molecule has 6 rings (SSSR count). The number of carbonyl (C=O) groups excluding carboxylic acids is 2. The summed E-state index contributed by atoms with van der Waals surface area (Å²) in [5.74, 6) is 1.95. The van der Waals surface area contributed by atoms with E-state index in [1.165, 1.54) is 44.3 Å². The summed E-state index contributed by atoms with van der Waals surface area (Å²) in [6.45, 7) is 5.84. The van der Waals surface area contributed by atoms with Gasteiger partial charge in [0.25, 0.3) is 11.8 Å². The van der Waals surface area contributed by atoms with Crippen molar-refractivity contribution in [3.63, 3.8) is 0 Å². The fourth-order valence-electron chi connectivity index (χ4n) is 6.72. The average molecular weight is 597 g/mol. The van der Waals surface area contributed by atoms with Gasteiger partial charge in [0.2, 0.25) is 0 Å². The van der Waals surface area contributed by atoms with Gasteiger partial charge in [-0.25, -0.2) is 4.98 Å². The van der Waals surface area contributed by atoms with Crippen LogP contribution in [0.4, 0.5) is 17.3 Å². The lowest BCUT2D eigenvalue weighted by Gasteiger charge is -2.34. The average Bonchev–Trinajstić information content (AvgIpc) is 3.91. The van der Waals surface area contributed by atoms with Crippen molar-refractivity contribution in [3.05, 3.63) is 76.9 Å². The van der Waals surface area contributed by atoms with E-state index in [0.717, 1.165) is 42.5 Å². The summed E-state index contributed by atoms with van der Waals surface area (Å²) >= 11 is 0. The molecule has 2 aromatic carbocycles. The molecule has 2 aliphatic heterocycles. The summed E-state index contributed by atoms with van der Waals surface area (Å²) < 4.78 is 5.21. The Hall–Kier alpha value is -4.11. The number of aryl methyl sites for hydroxylation is 1. The number of rotatable bonds is 10. The number of pyridine rings is 1. The number of carbonyl (C=O) groups is 2. The van der Waals surface area contributed by atoms with Crippen molar-refractivity contribution in [1.29, 1.82) is 0 Å². The molecular weight excluding hydrogens is 552 g/mol. The number of ether oxygens (including phenoxy) is 1. The van der Waals surface area contributed by atoms with Crippen molar-refractivity contribution in [2.45, 2.75) is 69.9 Å². The minimum absolute atomic E-state index is 0.0267. The molecule has 1 aliphatic carbocycles. The number of nitrogens with two attached hydrogens (primary N) is 1. The van der Waals surface area contributed by atoms with Crippen LogP contribution in [-0.4, -0.2) is 67.1 Å². The molecule has 2 amide bonds. The second-order valence-electron chi connectivity index (χ2n) is 12.4. The molecule has 1 atom stereocenters. The van der Waals surface area contributed by atoms with Crippen molar-refractivity contribution in [2.24, 2.45) is 5.73 Å². The van der Waals surface area contributed by atoms with Crippen molar-refractivity contribution in [2.75, 3.05) is 43.5 Å². The van der Waals surface area contributed by atoms with E-state index in [2.05, 4.69) is 44.7 Å². The van der Waals surface area contributed by atoms with Crippen LogP contribution >= 0.6 is 0 Å². The van der Waals surface area contributed by atoms with Gasteiger partial charge < -0.3 is 30.9 Å². The van der Waals surface area contributed by atoms with Gasteiger partial charge in [0.1, 0.15) is 17.4 Å². The van der Waals surface area contributed by atoms with Crippen LogP contribution in [-0.2, 0) is 6.42 Å². The first-order valence-corrected chi connectivity index (χ1v) is 16.1. The number of anilines is 3. The number of nitrogens with one attached hydrogen (secondary N) is 2. The van der Waals surface area contributed by atoms with Crippen LogP contribution in [0, 0.1) is 0 Å². The lowest BCUT2D eigenvalue weighted by atomic mass is 9.89. The standard InChI is InChI=1S/C35H44N6O3/c1-3-23-21-31(41-18-4-5-28(22-41)38-35(43)26-8-14-30(44-2)15-9-26)39-34(32(23)33(36)42)37-27-10-6-24(7-11-27)25-16-19-40(20-17-25)29-12-13-29/h6-11,14-15,21,25,28-29H,3-5,12-13,16-20,22H2,1-2H3,(H2,36,42)(H,37,39)(H,38,43). The molecule has 3 fully saturated rings. The second kappa shape index (κ2) is 13.3. The largest absolute Gasteiger partial charge is 0.497 e. The maximum atomic E-state index is 13.0. The molecule has 0 spiro atoms. The lowest BCUT2D eigenvalue weighted by molar-refractivity contribution is 0.0932. The first-order valence-electron chi connectivity index (χ1n) is 16.1. The van der Waals surface area contributed by atoms with Gasteiger partial charge in [0.05, 0.1) is 12.7 Å². The number of likely N-dealkylation sites (tertiary alicyclic amines) is 1. The number of hydrogen-bond acceptors (Lipinski definition) is 7. The van der Waals surface area contributed by atoms with E-state index >= 15 is 0 Å². The SMILES string of the molecule is CCc1cc(N2CCCC(NC(=O)c3ccc(OC)cc3)C2)nc(Nc2ccc(C3CCN(C4CC4)CC3)cc2)c1C(N)=O. The monoisotopic (exact) mass is 596 g/mol. The molecule has 3 heterocycles. The summed E-state index contributed by atoms with van der Waals surface area (Å²) in [5.41, 5.74) is 10.0. The van der Waals surface area contributed by atoms with Crippen LogP contribution < -0.4 is 26.0 Å². The van der Waals surface area contributed by atoms with Gasteiger partial charge in [-0.3, -0.25) is 9.59 Å². The number of primary amides is 1. The Morgan fingerprint density at radius 1 is 0.977 bits per heavy atom. The third-order valence-electron chi connectivity index (χ3n) is 9.39. The highest BCUT2D eigenvalue weighted by Crippen LogP contribution is 2.35. The third-order valence-corrected chi connectivity index (χ3v) is 9.39. The number of aromatic nitrogens is 1. The summed E-state index contributed by atoms with van der Waals surface area (Å²) in [5, 5.41) is 6.60. The molecule has 0 radical (unpaired) electrons. The zero-order chi connectivity index (χ0) is 30.6. The van der Waals surface area contributed by atoms with Gasteiger partial charge >= 0.3 is 0 Å². The Bertz CT molecular complexity index is 1460. The summed E-state index contributed by atoms with van der Waals surface area (Å²) in [7, 11) is 1.61. The molecule has 0 bridgehead atoms. The molecule has 232 valence electrons. The molecule has 4 N–H and O–H groups in total. The van der Waals surface area contributed by atoms with Crippen LogP contribution in [0.5, 0.6) is 5.75 Å². The summed E-state index contributed by atoms with van der Waals surface area (Å²) in [6.07, 6.45) is 7.59. The summed E-state index contributed by atoms with van der Waals surface area (Å²) in [4.78, 5) is 35.4. The van der Waals surface area contributed by atoms with E-state index in [0.29, 0.717) is 41.6 Å². The highest BCUT2D eigenvalue weighted by Gasteiger charge is 2.32. The maximum Gasteiger partial charge on any atom is 0.252 e. The highest BCUT2D eigenvalue weighted by atomic mass is 16.5. The first kappa shape index (κ1) is 29.9. The molecule has 1 unspecified atom stereocenters. The second-order valence-corrected chi connectivity index (χ2v) is 12.4. The normalized spacial score (nSPS) is 19.4. The molecule has 9 nitrogen and oxygen atoms in total. The minimum atomic E-state index is -0.495. The number of nitrogens with zero attached hydrogens (tertiary/aromatic N) is 3. The van der Waals surface area contributed by atoms with Gasteiger partial charge in [-0.15, -0.1) is 0 Å². The van der Waals surface area contributed by atoms with Crippen molar-refractivity contribution < 1.29 is 14.3 Å². The van der Waals surface area contributed by atoms with E-state index in [-0.39, 0.29) is 11.9 Å². The number of methoxy groups -OCH3 is 1. The van der Waals surface area contributed by atoms with E-state index in [1.54, 1.807) is 31.4 Å². The van der Waals surface area contributed by atoms with Gasteiger partial charge in [0, 0.05) is 36.4 Å². The zero-order valence-corrected chi connectivity index (χ0v) is 25.9. The molecule has 2 saturated heterocycles. The van der Waals surface area contributed by atoms with E-state index < -0.39 is 5.91 Å². The number of benzene rings is 2. The van der Waals surface area contributed by atoms with Gasteiger partial charge in [-0.05, 0) is 118 Å². The predicted octanol–water partition coefficient (Wildman–Crippen LogP) is 5.24. The Balaban J connectivity index is 1.16. The van der Waals surface area contributed by atoms with Gasteiger partial charge in [-0.2, -0.15) is 0 Å². The van der Waals surface area contributed by atoms with Crippen LogP contribution in [0.15, 0.2) is 54.6 Å². The lowest BCUT2D eigenvalue weighted by Crippen LogP contribution is -2.48. The minimum Gasteiger partial charge on any atom is -0.497 e. The Kier molecular flexibility index (Phi) is 9.02. The van der Waals surface area contributed by atoms with E-state index in [9.17, 15) is 9.59 Å². The molecule has 1 aromatic heterocycles. The van der Waals surface area contributed by atoms with E-state index in [1.807, 2.05) is 13.0 Å². The molecule has 44 heavy (non-hydrogen) atoms. The zero-order valence-electron chi connectivity index (χ0n) is 25.9. The van der Waals surface area contributed by atoms with Crippen LogP contribution in [0.2, 0.25) is 0 Å². The molecule has 1 saturated carbocycles. The fourth-order valence-corrected chi connectivity index (χ4v) is 6.72. The van der Waals surface area contributed by atoms with Crippen LogP contribution in [0.3, 0.4) is 0 Å². The van der Waals surface area contributed by atoms with Crippen molar-refractivity contribution in [1.82, 2.24) is 15.2 Å². The Morgan fingerprint density at radius 2 is 1.70 bits per heavy atom. The Labute approximate surface area is 260 Å². The number of piperidine rings is 2. The van der Waals surface area contributed by atoms with E-state index in [4.69, 9.17) is 15.5 Å². The summed E-state index contributed by atoms with van der Waals surface area (Å²) in [6, 6.07) is 18.5. The first-order chi connectivity index (χ1) is 21.4. The van der Waals surface area contributed by atoms with Gasteiger partial charge in [0.15, 0.2) is 0 Å². The van der Waals surface area contributed by atoms with Gasteiger partial charge in [-0.1, -0.05) is 19.1 Å². The maximum absolute atomic E-state index is 13.0. The van der Waals surface area contributed by atoms with Crippen LogP contribution in [0.1, 0.15) is 83.2 Å². The predicted molar refractivity (Wildman–Crippen MR) is 174 cm³/mol. The number of amides is 2. The Morgan fingerprint density at radius 3 is 2.34 bits per heavy atom. The number of hydrogen-bond donors (Lipinski definition) is 3. The molecule has 3 aliphatic rings. The smallest absolute Gasteiger partial charge is 0.252 e. The van der Waals surface area contributed by atoms with Crippen molar-refractivity contribution >= 4 is 29.1 Å².